The Hall–Kier alpha value is -2.11. The first-order chi connectivity index (χ1) is 10.7. The molecule has 2 amide bonds. The van der Waals surface area contributed by atoms with Crippen LogP contribution in [0, 0.1) is 0 Å². The van der Waals surface area contributed by atoms with Gasteiger partial charge in [0.2, 0.25) is 17.7 Å². The van der Waals surface area contributed by atoms with Crippen LogP contribution in [0.15, 0.2) is 18.3 Å². The highest BCUT2D eigenvalue weighted by Crippen LogP contribution is 2.23. The highest BCUT2D eigenvalue weighted by Gasteiger charge is 2.23. The molecule has 118 valence electrons. The van der Waals surface area contributed by atoms with Crippen LogP contribution in [0.1, 0.15) is 44.9 Å². The topological polar surface area (TPSA) is 80.3 Å². The SMILES string of the molecule is O=C(CC1CCC(=O)N1)Nc1ccc(OC2CCCC2)nc1. The molecule has 1 atom stereocenters. The smallest absolute Gasteiger partial charge is 0.226 e. The number of anilines is 1. The van der Waals surface area contributed by atoms with E-state index in [1.54, 1.807) is 18.3 Å². The van der Waals surface area contributed by atoms with Crippen molar-refractivity contribution in [3.05, 3.63) is 18.3 Å². The predicted molar refractivity (Wildman–Crippen MR) is 81.5 cm³/mol. The van der Waals surface area contributed by atoms with E-state index in [2.05, 4.69) is 15.6 Å². The van der Waals surface area contributed by atoms with Gasteiger partial charge in [-0.25, -0.2) is 4.98 Å². The lowest BCUT2D eigenvalue weighted by Gasteiger charge is -2.13. The van der Waals surface area contributed by atoms with Crippen molar-refractivity contribution in [1.29, 1.82) is 0 Å². The zero-order valence-electron chi connectivity index (χ0n) is 12.5. The van der Waals surface area contributed by atoms with E-state index in [0.717, 1.165) is 19.3 Å². The van der Waals surface area contributed by atoms with Crippen LogP contribution in [-0.2, 0) is 9.59 Å². The molecular formula is C16H21N3O3. The largest absolute Gasteiger partial charge is 0.474 e. The molecule has 6 nitrogen and oxygen atoms in total. The summed E-state index contributed by atoms with van der Waals surface area (Å²) >= 11 is 0. The summed E-state index contributed by atoms with van der Waals surface area (Å²) in [6.45, 7) is 0. The number of hydrogen-bond donors (Lipinski definition) is 2. The first kappa shape index (κ1) is 14.8. The van der Waals surface area contributed by atoms with Gasteiger partial charge in [0.15, 0.2) is 0 Å². The van der Waals surface area contributed by atoms with Crippen LogP contribution in [0.4, 0.5) is 5.69 Å². The molecule has 22 heavy (non-hydrogen) atoms. The van der Waals surface area contributed by atoms with E-state index in [9.17, 15) is 9.59 Å². The molecule has 1 aliphatic carbocycles. The third kappa shape index (κ3) is 3.96. The summed E-state index contributed by atoms with van der Waals surface area (Å²) in [5.41, 5.74) is 0.646. The first-order valence-corrected chi connectivity index (χ1v) is 7.91. The van der Waals surface area contributed by atoms with Crippen molar-refractivity contribution in [3.8, 4) is 5.88 Å². The monoisotopic (exact) mass is 303 g/mol. The van der Waals surface area contributed by atoms with Crippen molar-refractivity contribution in [2.75, 3.05) is 5.32 Å². The Balaban J connectivity index is 1.47. The summed E-state index contributed by atoms with van der Waals surface area (Å²) in [7, 11) is 0. The van der Waals surface area contributed by atoms with Crippen molar-refractivity contribution in [2.24, 2.45) is 0 Å². The van der Waals surface area contributed by atoms with E-state index in [1.165, 1.54) is 12.8 Å². The Morgan fingerprint density at radius 3 is 2.77 bits per heavy atom. The zero-order valence-corrected chi connectivity index (χ0v) is 12.5. The van der Waals surface area contributed by atoms with Gasteiger partial charge in [-0.2, -0.15) is 0 Å². The summed E-state index contributed by atoms with van der Waals surface area (Å²) in [5.74, 6) is 0.513. The van der Waals surface area contributed by atoms with Crippen molar-refractivity contribution in [1.82, 2.24) is 10.3 Å². The van der Waals surface area contributed by atoms with E-state index in [-0.39, 0.29) is 24.0 Å². The highest BCUT2D eigenvalue weighted by molar-refractivity contribution is 5.91. The molecule has 1 unspecified atom stereocenters. The second kappa shape index (κ2) is 6.77. The molecule has 2 N–H and O–H groups in total. The lowest BCUT2D eigenvalue weighted by atomic mass is 10.1. The number of nitrogens with zero attached hydrogens (tertiary/aromatic N) is 1. The maximum atomic E-state index is 11.9. The molecule has 1 aromatic rings. The molecule has 2 heterocycles. The summed E-state index contributed by atoms with van der Waals surface area (Å²) in [6, 6.07) is 3.53. The van der Waals surface area contributed by atoms with Crippen LogP contribution in [-0.4, -0.2) is 28.9 Å². The Morgan fingerprint density at radius 2 is 2.14 bits per heavy atom. The fourth-order valence-corrected chi connectivity index (χ4v) is 2.97. The summed E-state index contributed by atoms with van der Waals surface area (Å²) in [4.78, 5) is 27.3. The third-order valence-electron chi connectivity index (χ3n) is 4.13. The van der Waals surface area contributed by atoms with Crippen LogP contribution < -0.4 is 15.4 Å². The maximum Gasteiger partial charge on any atom is 0.226 e. The molecule has 1 aromatic heterocycles. The minimum Gasteiger partial charge on any atom is -0.474 e. The minimum absolute atomic E-state index is 0.0212. The number of carbonyl (C=O) groups is 2. The Bertz CT molecular complexity index is 538. The van der Waals surface area contributed by atoms with Gasteiger partial charge in [-0.05, 0) is 38.2 Å². The normalized spacial score (nSPS) is 21.6. The number of ether oxygens (including phenoxy) is 1. The number of hydrogen-bond acceptors (Lipinski definition) is 4. The fraction of sp³-hybridized carbons (Fsp3) is 0.562. The predicted octanol–water partition coefficient (Wildman–Crippen LogP) is 2.01. The molecule has 2 fully saturated rings. The number of nitrogens with one attached hydrogen (secondary N) is 2. The Labute approximate surface area is 129 Å². The second-order valence-corrected chi connectivity index (χ2v) is 5.96. The molecule has 6 heteroatoms. The molecule has 0 aromatic carbocycles. The van der Waals surface area contributed by atoms with Gasteiger partial charge in [-0.1, -0.05) is 0 Å². The van der Waals surface area contributed by atoms with Gasteiger partial charge in [0, 0.05) is 24.9 Å². The molecule has 2 aliphatic rings. The number of rotatable bonds is 5. The molecule has 1 saturated carbocycles. The van der Waals surface area contributed by atoms with Gasteiger partial charge in [0.1, 0.15) is 6.10 Å². The van der Waals surface area contributed by atoms with Gasteiger partial charge in [0.25, 0.3) is 0 Å². The lowest BCUT2D eigenvalue weighted by molar-refractivity contribution is -0.119. The van der Waals surface area contributed by atoms with E-state index in [0.29, 0.717) is 24.4 Å². The van der Waals surface area contributed by atoms with E-state index in [4.69, 9.17) is 4.74 Å². The Morgan fingerprint density at radius 1 is 1.32 bits per heavy atom. The van der Waals surface area contributed by atoms with E-state index < -0.39 is 0 Å². The molecule has 0 spiro atoms. The van der Waals surface area contributed by atoms with Gasteiger partial charge in [-0.3, -0.25) is 9.59 Å². The van der Waals surface area contributed by atoms with Crippen molar-refractivity contribution >= 4 is 17.5 Å². The molecule has 0 radical (unpaired) electrons. The van der Waals surface area contributed by atoms with Gasteiger partial charge < -0.3 is 15.4 Å². The highest BCUT2D eigenvalue weighted by atomic mass is 16.5. The quantitative estimate of drug-likeness (QED) is 0.872. The van der Waals surface area contributed by atoms with Gasteiger partial charge in [-0.15, -0.1) is 0 Å². The third-order valence-corrected chi connectivity index (χ3v) is 4.13. The average molecular weight is 303 g/mol. The van der Waals surface area contributed by atoms with Crippen molar-refractivity contribution in [2.45, 2.75) is 57.1 Å². The molecule has 0 bridgehead atoms. The van der Waals surface area contributed by atoms with Crippen LogP contribution in [0.5, 0.6) is 5.88 Å². The summed E-state index contributed by atoms with van der Waals surface area (Å²) < 4.78 is 5.78. The van der Waals surface area contributed by atoms with Crippen molar-refractivity contribution in [3.63, 3.8) is 0 Å². The average Bonchev–Trinajstić information content (AvgIpc) is 3.13. The molecule has 1 aliphatic heterocycles. The number of amides is 2. The summed E-state index contributed by atoms with van der Waals surface area (Å²) in [6.07, 6.45) is 8.03. The zero-order chi connectivity index (χ0) is 15.4. The molecule has 3 rings (SSSR count). The number of carbonyl (C=O) groups excluding carboxylic acids is 2. The van der Waals surface area contributed by atoms with Crippen LogP contribution in [0.25, 0.3) is 0 Å². The molecule has 1 saturated heterocycles. The van der Waals surface area contributed by atoms with E-state index in [1.807, 2.05) is 0 Å². The van der Waals surface area contributed by atoms with Crippen LogP contribution >= 0.6 is 0 Å². The lowest BCUT2D eigenvalue weighted by Crippen LogP contribution is -2.29. The molecular weight excluding hydrogens is 282 g/mol. The minimum atomic E-state index is -0.113. The second-order valence-electron chi connectivity index (χ2n) is 5.96. The van der Waals surface area contributed by atoms with Crippen LogP contribution in [0.3, 0.4) is 0 Å². The summed E-state index contributed by atoms with van der Waals surface area (Å²) in [5, 5.41) is 5.58. The fourth-order valence-electron chi connectivity index (χ4n) is 2.97. The maximum absolute atomic E-state index is 11.9. The first-order valence-electron chi connectivity index (χ1n) is 7.91. The van der Waals surface area contributed by atoms with Gasteiger partial charge in [0.05, 0.1) is 11.9 Å². The number of pyridine rings is 1. The Kier molecular flexibility index (Phi) is 4.56. The standard InChI is InChI=1S/C16H21N3O3/c20-14-7-5-11(18-14)9-15(21)19-12-6-8-16(17-10-12)22-13-3-1-2-4-13/h6,8,10-11,13H,1-5,7,9H2,(H,18,20)(H,19,21). The van der Waals surface area contributed by atoms with E-state index >= 15 is 0 Å². The van der Waals surface area contributed by atoms with Crippen molar-refractivity contribution < 1.29 is 14.3 Å². The number of aromatic nitrogens is 1. The van der Waals surface area contributed by atoms with Gasteiger partial charge >= 0.3 is 0 Å². The van der Waals surface area contributed by atoms with Crippen LogP contribution in [0.2, 0.25) is 0 Å².